The summed E-state index contributed by atoms with van der Waals surface area (Å²) >= 11 is 0. The molecule has 15 aliphatic carbocycles. The molecule has 0 fully saturated rings. The average molecular weight is 765 g/mol. The van der Waals surface area contributed by atoms with Crippen molar-refractivity contribution >= 4 is 0 Å². The first-order valence-corrected chi connectivity index (χ1v) is 19.6. The first kappa shape index (κ1) is 34.5. The van der Waals surface area contributed by atoms with Crippen LogP contribution < -0.4 is 0 Å². The second-order valence-electron chi connectivity index (χ2n) is 16.8. The fourth-order valence-corrected chi connectivity index (χ4v) is 11.0. The summed E-state index contributed by atoms with van der Waals surface area (Å²) in [4.78, 5) is 0. The molecule has 0 spiro atoms. The van der Waals surface area contributed by atoms with Gasteiger partial charge in [0, 0.05) is 45.9 Å². The molecule has 284 valence electrons. The molecule has 0 heterocycles. The summed E-state index contributed by atoms with van der Waals surface area (Å²) in [5, 5.41) is 0. The van der Waals surface area contributed by atoms with E-state index in [0.717, 1.165) is 22.3 Å². The molecule has 56 heavy (non-hydrogen) atoms. The maximum Gasteiger partial charge on any atom is 0.340 e. The molecule has 15 aliphatic rings. The Balaban J connectivity index is 1.14. The maximum absolute atomic E-state index is 17.4. The van der Waals surface area contributed by atoms with Gasteiger partial charge in [-0.1, -0.05) is 119 Å². The summed E-state index contributed by atoms with van der Waals surface area (Å²) in [5.41, 5.74) is 0.678. The number of aryl methyl sites for hydroxylation is 4. The van der Waals surface area contributed by atoms with E-state index in [-0.39, 0.29) is 22.3 Å². The first-order valence-electron chi connectivity index (χ1n) is 19.6. The third-order valence-electron chi connectivity index (χ3n) is 13.9. The summed E-state index contributed by atoms with van der Waals surface area (Å²) in [6.07, 6.45) is 10.5. The lowest BCUT2D eigenvalue weighted by Crippen LogP contribution is -2.44. The highest BCUT2D eigenvalue weighted by Crippen LogP contribution is 2.65. The van der Waals surface area contributed by atoms with Crippen molar-refractivity contribution in [1.82, 2.24) is 0 Å². The molecule has 4 atom stereocenters. The van der Waals surface area contributed by atoms with Crippen LogP contribution in [0.2, 0.25) is 0 Å². The van der Waals surface area contributed by atoms with Crippen LogP contribution >= 0.6 is 0 Å². The minimum atomic E-state index is -4.88. The average Bonchev–Trinajstić information content (AvgIpc) is 3.18. The predicted octanol–water partition coefficient (Wildman–Crippen LogP) is 13.0. The molecule has 0 aliphatic heterocycles. The number of benzene rings is 4. The van der Waals surface area contributed by atoms with Gasteiger partial charge in [0.25, 0.3) is 0 Å². The van der Waals surface area contributed by atoms with E-state index in [2.05, 4.69) is 0 Å². The smallest absolute Gasteiger partial charge is 0.194 e. The minimum absolute atomic E-state index is 0.368. The van der Waals surface area contributed by atoms with Crippen LogP contribution in [0.5, 0.6) is 0 Å². The zero-order chi connectivity index (χ0) is 38.5. The number of rotatable bonds is 0. The van der Waals surface area contributed by atoms with E-state index in [0.29, 0.717) is 97.9 Å². The molecule has 0 amide bonds. The van der Waals surface area contributed by atoms with Gasteiger partial charge < -0.3 is 0 Å². The molecular weight excluding hydrogens is 729 g/mol. The zero-order valence-electron chi connectivity index (χ0n) is 30.2. The van der Waals surface area contributed by atoms with Gasteiger partial charge in [0.1, 0.15) is 0 Å². The molecule has 16 bridgehead atoms. The number of alkyl halides is 8. The van der Waals surface area contributed by atoms with Gasteiger partial charge in [0.15, 0.2) is 0 Å². The van der Waals surface area contributed by atoms with E-state index >= 15 is 35.1 Å². The van der Waals surface area contributed by atoms with E-state index < -0.39 is 69.6 Å². The molecule has 4 aromatic rings. The third kappa shape index (κ3) is 4.53. The Morgan fingerprint density at radius 3 is 0.679 bits per heavy atom. The molecule has 0 N–H and O–H groups in total. The lowest BCUT2D eigenvalue weighted by Gasteiger charge is -2.46. The van der Waals surface area contributed by atoms with Gasteiger partial charge in [-0.2, -0.15) is 35.1 Å². The van der Waals surface area contributed by atoms with E-state index in [9.17, 15) is 0 Å². The lowest BCUT2D eigenvalue weighted by atomic mass is 9.60. The highest BCUT2D eigenvalue weighted by Gasteiger charge is 2.67. The number of fused-ring (bicyclic) bond motifs is 6. The van der Waals surface area contributed by atoms with Gasteiger partial charge in [0.05, 0.1) is 0 Å². The van der Waals surface area contributed by atoms with Crippen LogP contribution in [-0.2, 0) is 49.4 Å². The van der Waals surface area contributed by atoms with Gasteiger partial charge in [0.2, 0.25) is 0 Å². The Hall–Kier alpha value is -4.72. The maximum atomic E-state index is 17.4. The largest absolute Gasteiger partial charge is 0.340 e. The van der Waals surface area contributed by atoms with Crippen molar-refractivity contribution < 1.29 is 35.1 Å². The van der Waals surface area contributed by atoms with E-state index in [1.54, 1.807) is 24.3 Å². The van der Waals surface area contributed by atoms with Crippen molar-refractivity contribution in [2.24, 2.45) is 0 Å². The van der Waals surface area contributed by atoms with Crippen molar-refractivity contribution in [3.8, 4) is 0 Å². The zero-order valence-corrected chi connectivity index (χ0v) is 30.2. The van der Waals surface area contributed by atoms with Crippen LogP contribution in [0.4, 0.5) is 35.1 Å². The van der Waals surface area contributed by atoms with Gasteiger partial charge in [-0.05, 0) is 95.9 Å². The Morgan fingerprint density at radius 1 is 0.286 bits per heavy atom. The number of halogens is 8. The van der Waals surface area contributed by atoms with E-state index in [1.807, 2.05) is 48.5 Å². The molecule has 19 rings (SSSR count). The number of hydrogen-bond acceptors (Lipinski definition) is 0. The molecule has 4 unspecified atom stereocenters. The summed E-state index contributed by atoms with van der Waals surface area (Å²) in [5.74, 6) is -23.7. The number of hydrogen-bond donors (Lipinski definition) is 0. The predicted molar refractivity (Wildman–Crippen MR) is 198 cm³/mol. The molecule has 0 aromatic heterocycles. The fourth-order valence-electron chi connectivity index (χ4n) is 11.0. The Kier molecular flexibility index (Phi) is 7.06. The van der Waals surface area contributed by atoms with Crippen LogP contribution in [-0.4, -0.2) is 0 Å². The summed E-state index contributed by atoms with van der Waals surface area (Å²) in [6.45, 7) is 0. The first-order chi connectivity index (χ1) is 26.8. The topological polar surface area (TPSA) is 0 Å². The second-order valence-corrected chi connectivity index (χ2v) is 16.8. The van der Waals surface area contributed by atoms with Crippen LogP contribution in [0.15, 0.2) is 119 Å². The fraction of sp³-hybridized carbons (Fsp3) is 0.333. The number of allylic oxidation sites excluding steroid dienone is 8. The molecule has 4 aromatic carbocycles. The van der Waals surface area contributed by atoms with Crippen molar-refractivity contribution in [3.05, 3.63) is 186 Å². The van der Waals surface area contributed by atoms with E-state index in [4.69, 9.17) is 0 Å². The third-order valence-corrected chi connectivity index (χ3v) is 13.9. The minimum Gasteiger partial charge on any atom is -0.194 e. The van der Waals surface area contributed by atoms with Crippen LogP contribution in [0.3, 0.4) is 0 Å². The van der Waals surface area contributed by atoms with E-state index in [1.165, 1.54) is 0 Å². The van der Waals surface area contributed by atoms with Crippen LogP contribution in [0.1, 0.15) is 116 Å². The monoisotopic (exact) mass is 764 g/mol. The van der Waals surface area contributed by atoms with Crippen LogP contribution in [0.25, 0.3) is 0 Å². The molecule has 0 saturated heterocycles. The highest BCUT2D eigenvalue weighted by atomic mass is 19.3. The normalized spacial score (nSPS) is 27.7. The SMILES string of the molecule is FC1(F)c2ccc(c3c2C2C=C4CCc5ccc(cc5)CCC2=CC43)C(F)(F)C(F)(F)c2ccc(c3c2C2C=C4CCc5ccc(cc5)CCC2=CC43)C1(F)F. The second kappa shape index (κ2) is 11.4. The molecule has 8 heteroatoms. The summed E-state index contributed by atoms with van der Waals surface area (Å²) in [6, 6.07) is 18.3. The Bertz CT molecular complexity index is 2150. The van der Waals surface area contributed by atoms with Crippen LogP contribution in [0, 0.1) is 0 Å². The molecule has 0 nitrogen and oxygen atoms in total. The van der Waals surface area contributed by atoms with Gasteiger partial charge >= 0.3 is 23.7 Å². The van der Waals surface area contributed by atoms with Crippen molar-refractivity contribution in [2.75, 3.05) is 0 Å². The standard InChI is InChI=1S/C48H36F8/c49-45(50)37-17-18-38(42-34-21-29-13-9-25-1-2-26(4-3-25)10-14-30(34)22-33(29)41(37)42)46(51,52)48(55,56)40-20-19-39(47(45,53)54)43-35-23-32-16-12-28-7-5-27(6-8-28)11-15-31(35)24-36(32)44(40)43/h1-8,17-24,33-36H,9-16H2. The molecule has 0 radical (unpaired) electrons. The van der Waals surface area contributed by atoms with Gasteiger partial charge in [-0.15, -0.1) is 0 Å². The molecule has 0 saturated carbocycles. The van der Waals surface area contributed by atoms with Gasteiger partial charge in [-0.3, -0.25) is 0 Å². The lowest BCUT2D eigenvalue weighted by molar-refractivity contribution is -0.228. The van der Waals surface area contributed by atoms with Gasteiger partial charge in [-0.25, -0.2) is 0 Å². The highest BCUT2D eigenvalue weighted by molar-refractivity contribution is 5.68. The summed E-state index contributed by atoms with van der Waals surface area (Å²) in [7, 11) is 0. The van der Waals surface area contributed by atoms with Crippen molar-refractivity contribution in [2.45, 2.75) is 98.7 Å². The Labute approximate surface area is 319 Å². The molecular formula is C48H36F8. The van der Waals surface area contributed by atoms with Crippen molar-refractivity contribution in [3.63, 3.8) is 0 Å². The summed E-state index contributed by atoms with van der Waals surface area (Å²) < 4.78 is 139. The quantitative estimate of drug-likeness (QED) is 0.124. The Morgan fingerprint density at radius 2 is 0.482 bits per heavy atom. The van der Waals surface area contributed by atoms with Crippen molar-refractivity contribution in [1.29, 1.82) is 0 Å².